The molecule has 0 unspecified atom stereocenters. The Labute approximate surface area is 210 Å². The maximum Gasteiger partial charge on any atom is 0.327 e. The highest BCUT2D eigenvalue weighted by molar-refractivity contribution is 8.01. The number of rotatable bonds is 6. The second kappa shape index (κ2) is 9.78. The molecule has 0 saturated carbocycles. The minimum atomic E-state index is -1.38. The molecule has 0 spiro atoms. The van der Waals surface area contributed by atoms with Gasteiger partial charge in [-0.1, -0.05) is 0 Å². The Kier molecular flexibility index (Phi) is 7.53. The zero-order chi connectivity index (χ0) is 26.4. The molecule has 3 heterocycles. The first-order valence-corrected chi connectivity index (χ1v) is 11.9. The molecular formula is C20H27N3O10S2. The Morgan fingerprint density at radius 3 is 2.14 bits per heavy atom. The number of fused-ring (bicyclic) bond motifs is 1. The summed E-state index contributed by atoms with van der Waals surface area (Å²) in [6.07, 6.45) is -5.08. The van der Waals surface area contributed by atoms with Gasteiger partial charge in [0, 0.05) is 25.5 Å². The smallest absolute Gasteiger partial charge is 0.327 e. The van der Waals surface area contributed by atoms with Crippen LogP contribution in [0, 0.1) is 0 Å². The van der Waals surface area contributed by atoms with Crippen molar-refractivity contribution < 1.29 is 48.0 Å². The largest absolute Gasteiger partial charge is 0.480 e. The molecular weight excluding hydrogens is 506 g/mol. The van der Waals surface area contributed by atoms with Gasteiger partial charge >= 0.3 is 23.9 Å². The van der Waals surface area contributed by atoms with Crippen LogP contribution in [0.15, 0.2) is 0 Å². The first kappa shape index (κ1) is 26.9. The number of carbonyl (C=O) groups is 5. The van der Waals surface area contributed by atoms with Crippen molar-refractivity contribution in [2.45, 2.75) is 81.4 Å². The molecule has 7 atom stereocenters. The summed E-state index contributed by atoms with van der Waals surface area (Å²) in [6.45, 7) is 6.53. The number of nitrogens with two attached hydrogens (primary N) is 1. The van der Waals surface area contributed by atoms with Gasteiger partial charge in [0.05, 0.1) is 6.61 Å². The molecule has 0 aromatic heterocycles. The second-order valence-electron chi connectivity index (χ2n) is 8.81. The highest BCUT2D eigenvalue weighted by atomic mass is 32.2. The average Bonchev–Trinajstić information content (AvgIpc) is 2.95. The van der Waals surface area contributed by atoms with Crippen LogP contribution in [0.25, 0.3) is 0 Å². The number of nitrogens with zero attached hydrogens (tertiary/aromatic N) is 2. The number of β-lactam (4-membered cyclic amide) rings is 1. The number of carboxylic acids is 1. The van der Waals surface area contributed by atoms with Gasteiger partial charge < -0.3 is 39.6 Å². The van der Waals surface area contributed by atoms with E-state index in [0.29, 0.717) is 0 Å². The number of ether oxygens (including phenoxy) is 4. The van der Waals surface area contributed by atoms with E-state index in [-0.39, 0.29) is 11.7 Å². The zero-order valence-corrected chi connectivity index (χ0v) is 21.3. The van der Waals surface area contributed by atoms with Gasteiger partial charge in [0.1, 0.15) is 17.5 Å². The van der Waals surface area contributed by atoms with E-state index in [9.17, 15) is 29.1 Å². The van der Waals surface area contributed by atoms with Crippen LogP contribution in [-0.4, -0.2) is 103 Å². The molecule has 0 aliphatic carbocycles. The van der Waals surface area contributed by atoms with Gasteiger partial charge in [0.2, 0.25) is 5.91 Å². The molecule has 194 valence electrons. The van der Waals surface area contributed by atoms with Crippen LogP contribution < -0.4 is 5.73 Å². The summed E-state index contributed by atoms with van der Waals surface area (Å²) < 4.78 is 21.0. The fourth-order valence-electron chi connectivity index (χ4n) is 4.63. The summed E-state index contributed by atoms with van der Waals surface area (Å²) in [5.74, 6) is -3.89. The number of esters is 3. The zero-order valence-electron chi connectivity index (χ0n) is 19.7. The van der Waals surface area contributed by atoms with E-state index < -0.39 is 76.5 Å². The van der Waals surface area contributed by atoms with Crippen molar-refractivity contribution in [3.05, 3.63) is 0 Å². The average molecular weight is 534 g/mol. The molecule has 15 heteroatoms. The quantitative estimate of drug-likeness (QED) is 0.188. The maximum atomic E-state index is 13.2. The maximum absolute atomic E-state index is 13.2. The van der Waals surface area contributed by atoms with Gasteiger partial charge in [-0.2, -0.15) is 0 Å². The van der Waals surface area contributed by atoms with Crippen molar-refractivity contribution in [3.63, 3.8) is 0 Å². The van der Waals surface area contributed by atoms with E-state index in [4.69, 9.17) is 36.9 Å². The molecule has 0 aromatic carbocycles. The van der Waals surface area contributed by atoms with Gasteiger partial charge in [-0.05, 0) is 26.1 Å². The molecule has 3 rings (SSSR count). The summed E-state index contributed by atoms with van der Waals surface area (Å²) in [4.78, 5) is 62.9. The molecule has 0 bridgehead atoms. The number of carbonyl (C=O) groups excluding carboxylic acids is 4. The fourth-order valence-corrected chi connectivity index (χ4v) is 6.53. The van der Waals surface area contributed by atoms with E-state index >= 15 is 0 Å². The van der Waals surface area contributed by atoms with Gasteiger partial charge in [0.25, 0.3) is 0 Å². The van der Waals surface area contributed by atoms with E-state index in [1.165, 1.54) is 21.6 Å². The molecule has 1 amide bonds. The van der Waals surface area contributed by atoms with E-state index in [2.05, 4.69) is 0 Å². The molecule has 13 nitrogen and oxygen atoms in total. The van der Waals surface area contributed by atoms with Gasteiger partial charge in [-0.25, -0.2) is 4.79 Å². The third-order valence-electron chi connectivity index (χ3n) is 5.80. The van der Waals surface area contributed by atoms with E-state index in [1.54, 1.807) is 13.8 Å². The summed E-state index contributed by atoms with van der Waals surface area (Å²) in [7, 11) is 0. The number of aliphatic carboxylic acids is 1. The third-order valence-corrected chi connectivity index (χ3v) is 7.57. The first-order chi connectivity index (χ1) is 16.2. The summed E-state index contributed by atoms with van der Waals surface area (Å²) >= 11 is 6.47. The second-order valence-corrected chi connectivity index (χ2v) is 11.0. The molecule has 3 aliphatic rings. The summed E-state index contributed by atoms with van der Waals surface area (Å²) in [6, 6.07) is -2.11. The standard InChI is InChI=1S/C20H27N3O10S2/c1-7(24)31-10-6-30-16(13(33-9(3)26)12(10)32-8(2)25)22(19(21)34)11-15(27)23-14(18(28)29)20(4,5)35-17(11)23/h10-14,16-17H,6H2,1-5H3,(H2,21,34)(H,28,29)/t10-,11-,12-,13+,14+,16+,17-/m1/s1. The Bertz CT molecular complexity index is 959. The van der Waals surface area contributed by atoms with Crippen LogP contribution in [-0.2, 0) is 42.9 Å². The van der Waals surface area contributed by atoms with Crippen molar-refractivity contribution in [3.8, 4) is 0 Å². The molecule has 3 N–H and O–H groups in total. The lowest BCUT2D eigenvalue weighted by Crippen LogP contribution is -2.76. The van der Waals surface area contributed by atoms with Crippen LogP contribution in [0.5, 0.6) is 0 Å². The predicted octanol–water partition coefficient (Wildman–Crippen LogP) is -0.801. The normalized spacial score (nSPS) is 33.1. The van der Waals surface area contributed by atoms with Crippen LogP contribution in [0.1, 0.15) is 34.6 Å². The predicted molar refractivity (Wildman–Crippen MR) is 123 cm³/mol. The molecule has 3 aliphatic heterocycles. The summed E-state index contributed by atoms with van der Waals surface area (Å²) in [5.41, 5.74) is 5.99. The van der Waals surface area contributed by atoms with Crippen LogP contribution >= 0.6 is 24.0 Å². The lowest BCUT2D eigenvalue weighted by molar-refractivity contribution is -0.248. The Morgan fingerprint density at radius 2 is 1.66 bits per heavy atom. The van der Waals surface area contributed by atoms with Crippen molar-refractivity contribution >= 4 is 58.9 Å². The van der Waals surface area contributed by atoms with Crippen LogP contribution in [0.2, 0.25) is 0 Å². The lowest BCUT2D eigenvalue weighted by atomic mass is 9.94. The molecule has 3 fully saturated rings. The van der Waals surface area contributed by atoms with Crippen molar-refractivity contribution in [2.24, 2.45) is 5.73 Å². The van der Waals surface area contributed by atoms with Crippen LogP contribution in [0.3, 0.4) is 0 Å². The summed E-state index contributed by atoms with van der Waals surface area (Å²) in [5, 5.41) is 8.77. The third kappa shape index (κ3) is 5.02. The minimum absolute atomic E-state index is 0.283. The van der Waals surface area contributed by atoms with Crippen molar-refractivity contribution in [1.82, 2.24) is 9.80 Å². The molecule has 0 aromatic rings. The van der Waals surface area contributed by atoms with Gasteiger partial charge in [0.15, 0.2) is 29.7 Å². The number of carboxylic acid groups (broad SMARTS) is 1. The molecule has 35 heavy (non-hydrogen) atoms. The Hall–Kier alpha value is -2.65. The minimum Gasteiger partial charge on any atom is -0.480 e. The highest BCUT2D eigenvalue weighted by Gasteiger charge is 2.67. The molecule has 3 saturated heterocycles. The Morgan fingerprint density at radius 1 is 1.11 bits per heavy atom. The monoisotopic (exact) mass is 533 g/mol. The van der Waals surface area contributed by atoms with Gasteiger partial charge in [-0.3, -0.25) is 19.2 Å². The van der Waals surface area contributed by atoms with Crippen molar-refractivity contribution in [2.75, 3.05) is 6.61 Å². The number of amides is 1. The number of hydrogen-bond donors (Lipinski definition) is 2. The van der Waals surface area contributed by atoms with E-state index in [0.717, 1.165) is 20.8 Å². The number of thioether (sulfide) groups is 1. The van der Waals surface area contributed by atoms with Crippen molar-refractivity contribution in [1.29, 1.82) is 0 Å². The number of thiocarbonyl (C=S) groups is 1. The van der Waals surface area contributed by atoms with E-state index in [1.807, 2.05) is 0 Å². The Balaban J connectivity index is 1.99. The molecule has 0 radical (unpaired) electrons. The topological polar surface area (TPSA) is 175 Å². The first-order valence-electron chi connectivity index (χ1n) is 10.6. The fraction of sp³-hybridized carbons (Fsp3) is 0.700. The van der Waals surface area contributed by atoms with Gasteiger partial charge in [-0.15, -0.1) is 11.8 Å². The SMILES string of the molecule is CC(=O)O[C@H]1[C@H](OC(C)=O)[C@@H](N(C(N)=S)[C@@H]2C(=O)N3[C@@H]2SC(C)(C)[C@@H]3C(=O)O)OC[C@H]1OC(C)=O. The highest BCUT2D eigenvalue weighted by Crippen LogP contribution is 2.52. The van der Waals surface area contributed by atoms with Crippen LogP contribution in [0.4, 0.5) is 0 Å². The lowest BCUT2D eigenvalue weighted by Gasteiger charge is -2.53. The number of hydrogen-bond acceptors (Lipinski definition) is 11.